The first-order chi connectivity index (χ1) is 18.3. The monoisotopic (exact) mass is 565 g/mol. The van der Waals surface area contributed by atoms with Crippen LogP contribution in [0.3, 0.4) is 0 Å². The van der Waals surface area contributed by atoms with Gasteiger partial charge in [0.15, 0.2) is 0 Å². The van der Waals surface area contributed by atoms with Crippen molar-refractivity contribution in [3.8, 4) is 0 Å². The van der Waals surface area contributed by atoms with Gasteiger partial charge in [-0.15, -0.1) is 0 Å². The molecule has 7 N–H and O–H groups in total. The standard InChI is InChI=1S/C27H43N5O6S/c1-16(2)13-21(25(35)31-20(27(37)38)11-12-39-5)30-22(33)15-29-26(36)23(17(3)4)32-24(34)19(28)14-18-9-7-6-8-10-18/h6-10,16-17,19-21,23H,11-15,28H2,1-5H3,(H,29,36)(H,30,33)(H,31,35)(H,32,34)(H,37,38)/t19-,20-,21-,23-/m0/s1. The van der Waals surface area contributed by atoms with Gasteiger partial charge in [0.1, 0.15) is 18.1 Å². The molecular weight excluding hydrogens is 522 g/mol. The van der Waals surface area contributed by atoms with Gasteiger partial charge in [0.05, 0.1) is 12.6 Å². The van der Waals surface area contributed by atoms with E-state index < -0.39 is 60.3 Å². The van der Waals surface area contributed by atoms with E-state index in [0.29, 0.717) is 12.2 Å². The second kappa shape index (κ2) is 17.5. The lowest BCUT2D eigenvalue weighted by atomic mass is 10.0. The third-order valence-corrected chi connectivity index (χ3v) is 6.53. The minimum atomic E-state index is -1.15. The fourth-order valence-electron chi connectivity index (χ4n) is 3.75. The molecule has 1 rings (SSSR count). The molecule has 0 aliphatic rings. The van der Waals surface area contributed by atoms with Crippen LogP contribution in [0.15, 0.2) is 30.3 Å². The number of carbonyl (C=O) groups excluding carboxylic acids is 4. The minimum absolute atomic E-state index is 0.0331. The number of benzene rings is 1. The van der Waals surface area contributed by atoms with Crippen LogP contribution in [-0.2, 0) is 30.4 Å². The van der Waals surface area contributed by atoms with E-state index in [2.05, 4.69) is 21.3 Å². The molecule has 0 radical (unpaired) electrons. The van der Waals surface area contributed by atoms with Crippen molar-refractivity contribution in [1.82, 2.24) is 21.3 Å². The highest BCUT2D eigenvalue weighted by Gasteiger charge is 2.29. The van der Waals surface area contributed by atoms with Crippen LogP contribution in [0.25, 0.3) is 0 Å². The number of carboxylic acid groups (broad SMARTS) is 1. The molecule has 0 aromatic heterocycles. The normalized spacial score (nSPS) is 14.2. The fraction of sp³-hybridized carbons (Fsp3) is 0.593. The maximum absolute atomic E-state index is 12.8. The predicted molar refractivity (Wildman–Crippen MR) is 152 cm³/mol. The number of thioether (sulfide) groups is 1. The summed E-state index contributed by atoms with van der Waals surface area (Å²) in [5.74, 6) is -3.11. The van der Waals surface area contributed by atoms with Crippen molar-refractivity contribution in [1.29, 1.82) is 0 Å². The summed E-state index contributed by atoms with van der Waals surface area (Å²) >= 11 is 1.47. The van der Waals surface area contributed by atoms with Crippen LogP contribution in [-0.4, -0.2) is 77.4 Å². The van der Waals surface area contributed by atoms with Gasteiger partial charge in [0.2, 0.25) is 23.6 Å². The van der Waals surface area contributed by atoms with Crippen molar-refractivity contribution < 1.29 is 29.1 Å². The summed E-state index contributed by atoms with van der Waals surface area (Å²) in [6.45, 7) is 6.83. The summed E-state index contributed by atoms with van der Waals surface area (Å²) in [7, 11) is 0. The first kappa shape index (κ1) is 33.9. The maximum atomic E-state index is 12.8. The Bertz CT molecular complexity index is 959. The lowest BCUT2D eigenvalue weighted by Crippen LogP contribution is -2.56. The van der Waals surface area contributed by atoms with Crippen molar-refractivity contribution in [2.45, 2.75) is 71.1 Å². The van der Waals surface area contributed by atoms with Gasteiger partial charge >= 0.3 is 5.97 Å². The van der Waals surface area contributed by atoms with Crippen LogP contribution < -0.4 is 27.0 Å². The number of hydrogen-bond acceptors (Lipinski definition) is 7. The van der Waals surface area contributed by atoms with Crippen molar-refractivity contribution in [2.75, 3.05) is 18.6 Å². The Kier molecular flexibility index (Phi) is 15.2. The number of nitrogens with two attached hydrogens (primary N) is 1. The summed E-state index contributed by atoms with van der Waals surface area (Å²) < 4.78 is 0. The Morgan fingerprint density at radius 3 is 2.08 bits per heavy atom. The van der Waals surface area contributed by atoms with Crippen molar-refractivity contribution in [3.05, 3.63) is 35.9 Å². The lowest BCUT2D eigenvalue weighted by molar-refractivity contribution is -0.142. The summed E-state index contributed by atoms with van der Waals surface area (Å²) in [5.41, 5.74) is 6.93. The molecular formula is C27H43N5O6S. The van der Waals surface area contributed by atoms with Crippen LogP contribution in [0.2, 0.25) is 0 Å². The Hall–Kier alpha value is -3.12. The van der Waals surface area contributed by atoms with Gasteiger partial charge in [-0.25, -0.2) is 4.79 Å². The molecule has 0 unspecified atom stereocenters. The first-order valence-corrected chi connectivity index (χ1v) is 14.4. The smallest absolute Gasteiger partial charge is 0.326 e. The summed E-state index contributed by atoms with van der Waals surface area (Å²) in [6, 6.07) is 5.46. The van der Waals surface area contributed by atoms with E-state index in [1.807, 2.05) is 50.4 Å². The number of carboxylic acids is 1. The molecule has 0 heterocycles. The number of carbonyl (C=O) groups is 5. The molecule has 0 aliphatic heterocycles. The molecule has 11 nitrogen and oxygen atoms in total. The molecule has 1 aromatic rings. The van der Waals surface area contributed by atoms with Gasteiger partial charge in [0, 0.05) is 0 Å². The molecule has 218 valence electrons. The largest absolute Gasteiger partial charge is 0.480 e. The second-order valence-electron chi connectivity index (χ2n) is 10.2. The maximum Gasteiger partial charge on any atom is 0.326 e. The van der Waals surface area contributed by atoms with Crippen molar-refractivity contribution >= 4 is 41.4 Å². The topological polar surface area (TPSA) is 180 Å². The average molecular weight is 566 g/mol. The predicted octanol–water partition coefficient (Wildman–Crippen LogP) is 0.667. The van der Waals surface area contributed by atoms with E-state index in [1.165, 1.54) is 11.8 Å². The van der Waals surface area contributed by atoms with E-state index in [1.54, 1.807) is 13.8 Å². The van der Waals surface area contributed by atoms with Gasteiger partial charge in [-0.05, 0) is 48.7 Å². The minimum Gasteiger partial charge on any atom is -0.480 e. The molecule has 4 amide bonds. The third-order valence-electron chi connectivity index (χ3n) is 5.89. The lowest BCUT2D eigenvalue weighted by Gasteiger charge is -2.24. The molecule has 1 aromatic carbocycles. The Morgan fingerprint density at radius 2 is 1.54 bits per heavy atom. The first-order valence-electron chi connectivity index (χ1n) is 13.0. The van der Waals surface area contributed by atoms with Crippen molar-refractivity contribution in [2.24, 2.45) is 17.6 Å². The fourth-order valence-corrected chi connectivity index (χ4v) is 4.22. The number of aliphatic carboxylic acids is 1. The molecule has 0 saturated carbocycles. The Morgan fingerprint density at radius 1 is 0.897 bits per heavy atom. The Labute approximate surface area is 234 Å². The van der Waals surface area contributed by atoms with Crippen molar-refractivity contribution in [3.63, 3.8) is 0 Å². The second-order valence-corrected chi connectivity index (χ2v) is 11.2. The zero-order valence-electron chi connectivity index (χ0n) is 23.4. The highest BCUT2D eigenvalue weighted by molar-refractivity contribution is 7.98. The van der Waals surface area contributed by atoms with E-state index >= 15 is 0 Å². The molecule has 0 saturated heterocycles. The van der Waals surface area contributed by atoms with E-state index in [0.717, 1.165) is 5.56 Å². The van der Waals surface area contributed by atoms with E-state index in [-0.39, 0.29) is 24.7 Å². The van der Waals surface area contributed by atoms with Crippen LogP contribution in [0, 0.1) is 11.8 Å². The quantitative estimate of drug-likeness (QED) is 0.159. The van der Waals surface area contributed by atoms with Gasteiger partial charge in [-0.3, -0.25) is 19.2 Å². The average Bonchev–Trinajstić information content (AvgIpc) is 2.87. The van der Waals surface area contributed by atoms with Crippen LogP contribution in [0.4, 0.5) is 0 Å². The van der Waals surface area contributed by atoms with Crippen LogP contribution >= 0.6 is 11.8 Å². The van der Waals surface area contributed by atoms with Gasteiger partial charge in [-0.1, -0.05) is 58.0 Å². The van der Waals surface area contributed by atoms with E-state index in [4.69, 9.17) is 5.73 Å². The Balaban J connectivity index is 2.73. The zero-order chi connectivity index (χ0) is 29.5. The molecule has 0 bridgehead atoms. The van der Waals surface area contributed by atoms with Gasteiger partial charge in [-0.2, -0.15) is 11.8 Å². The van der Waals surface area contributed by atoms with Gasteiger partial charge in [0.25, 0.3) is 0 Å². The molecule has 0 spiro atoms. The van der Waals surface area contributed by atoms with Crippen LogP contribution in [0.1, 0.15) is 46.1 Å². The SMILES string of the molecule is CSCC[C@H](NC(=O)[C@H](CC(C)C)NC(=O)CNC(=O)[C@@H](NC(=O)[C@@H](N)Cc1ccccc1)C(C)C)C(=O)O. The summed E-state index contributed by atoms with van der Waals surface area (Å²) in [5, 5.41) is 19.7. The summed E-state index contributed by atoms with van der Waals surface area (Å²) in [4.78, 5) is 62.4. The number of hydrogen-bond donors (Lipinski definition) is 6. The van der Waals surface area contributed by atoms with E-state index in [9.17, 15) is 29.1 Å². The number of rotatable bonds is 17. The number of nitrogens with one attached hydrogen (secondary N) is 4. The third kappa shape index (κ3) is 13.0. The molecule has 12 heteroatoms. The van der Waals surface area contributed by atoms with Gasteiger partial charge < -0.3 is 32.1 Å². The highest BCUT2D eigenvalue weighted by Crippen LogP contribution is 2.08. The van der Waals surface area contributed by atoms with Crippen LogP contribution in [0.5, 0.6) is 0 Å². The highest BCUT2D eigenvalue weighted by atomic mass is 32.2. The molecule has 39 heavy (non-hydrogen) atoms. The summed E-state index contributed by atoms with van der Waals surface area (Å²) in [6.07, 6.45) is 2.67. The molecule has 0 fully saturated rings. The zero-order valence-corrected chi connectivity index (χ0v) is 24.2. The molecule has 0 aliphatic carbocycles. The number of amides is 4. The molecule has 4 atom stereocenters.